The van der Waals surface area contributed by atoms with Gasteiger partial charge in [-0.25, -0.2) is 8.42 Å². The molecule has 0 radical (unpaired) electrons. The number of amidine groups is 1. The summed E-state index contributed by atoms with van der Waals surface area (Å²) in [6, 6.07) is 5.85. The number of rotatable bonds is 8. The second-order valence-corrected chi connectivity index (χ2v) is 6.94. The summed E-state index contributed by atoms with van der Waals surface area (Å²) in [6.45, 7) is 4.02. The highest BCUT2D eigenvalue weighted by Crippen LogP contribution is 2.22. The number of ether oxygens (including phenoxy) is 1. The van der Waals surface area contributed by atoms with Crippen molar-refractivity contribution < 1.29 is 17.9 Å². The molecular formula is C15H23ClN4O4S. The van der Waals surface area contributed by atoms with Gasteiger partial charge in [-0.2, -0.15) is 0 Å². The summed E-state index contributed by atoms with van der Waals surface area (Å²) in [7, 11) is -1.97. The molecule has 8 nitrogen and oxygen atoms in total. The lowest BCUT2D eigenvalue weighted by atomic mass is 10.2. The molecule has 0 aliphatic carbocycles. The maximum absolute atomic E-state index is 12.0. The number of hydrogen-bond acceptors (Lipinski definition) is 6. The van der Waals surface area contributed by atoms with E-state index >= 15 is 0 Å². The van der Waals surface area contributed by atoms with E-state index in [0.717, 1.165) is 0 Å². The molecule has 0 saturated heterocycles. The van der Waals surface area contributed by atoms with Gasteiger partial charge in [0.25, 0.3) is 10.0 Å². The Bertz CT molecular complexity index is 724. The van der Waals surface area contributed by atoms with E-state index in [2.05, 4.69) is 20.3 Å². The van der Waals surface area contributed by atoms with Crippen molar-refractivity contribution in [2.45, 2.75) is 17.9 Å². The van der Waals surface area contributed by atoms with Crippen LogP contribution in [0.25, 0.3) is 0 Å². The molecule has 0 aromatic heterocycles. The number of aliphatic imine (C=N–C) groups is 1. The van der Waals surface area contributed by atoms with Gasteiger partial charge >= 0.3 is 0 Å². The normalized spacial score (nSPS) is 17.3. The summed E-state index contributed by atoms with van der Waals surface area (Å²) in [5, 5.41) is 5.86. The number of fused-ring (bicyclic) bond motifs is 1. The number of methoxy groups -OCH3 is 1. The van der Waals surface area contributed by atoms with E-state index in [1.54, 1.807) is 32.2 Å². The first kappa shape index (κ1) is 21.4. The number of halogens is 1. The Morgan fingerprint density at radius 1 is 1.28 bits per heavy atom. The largest absolute Gasteiger partial charge is 0.383 e. The number of hydrogen-bond donors (Lipinski definition) is 3. The first-order valence-electron chi connectivity index (χ1n) is 7.63. The summed E-state index contributed by atoms with van der Waals surface area (Å²) in [5.41, 5.74) is 0.485. The average molecular weight is 391 g/mol. The van der Waals surface area contributed by atoms with Crippen molar-refractivity contribution >= 4 is 34.2 Å². The van der Waals surface area contributed by atoms with Crippen molar-refractivity contribution in [3.63, 3.8) is 0 Å². The van der Waals surface area contributed by atoms with Crippen molar-refractivity contribution in [3.05, 3.63) is 29.8 Å². The van der Waals surface area contributed by atoms with Crippen LogP contribution in [-0.4, -0.2) is 59.6 Å². The van der Waals surface area contributed by atoms with Crippen LogP contribution < -0.4 is 15.4 Å². The van der Waals surface area contributed by atoms with Crippen LogP contribution in [0, 0.1) is 0 Å². The molecule has 1 aromatic rings. The van der Waals surface area contributed by atoms with Crippen molar-refractivity contribution in [3.8, 4) is 0 Å². The zero-order valence-corrected chi connectivity index (χ0v) is 15.7. The average Bonchev–Trinajstić information content (AvgIpc) is 2.81. The second-order valence-electron chi connectivity index (χ2n) is 5.29. The molecule has 1 aromatic carbocycles. The minimum Gasteiger partial charge on any atom is -0.383 e. The number of nitrogens with one attached hydrogen (secondary N) is 3. The smallest absolute Gasteiger partial charge is 0.263 e. The fraction of sp³-hybridized carbons (Fsp3) is 0.467. The van der Waals surface area contributed by atoms with E-state index in [1.165, 1.54) is 6.07 Å². The summed E-state index contributed by atoms with van der Waals surface area (Å²) < 4.78 is 31.3. The van der Waals surface area contributed by atoms with Gasteiger partial charge in [0.05, 0.1) is 11.5 Å². The molecule has 10 heteroatoms. The highest BCUT2D eigenvalue weighted by Gasteiger charge is 2.31. The SMILES string of the molecule is COCCNCCNC(=O)C(C)N=C1NS(=O)(=O)c2ccccc21.Cl. The van der Waals surface area contributed by atoms with Gasteiger partial charge in [-0.1, -0.05) is 12.1 Å². The molecule has 3 N–H and O–H groups in total. The van der Waals surface area contributed by atoms with Crippen LogP contribution in [0.2, 0.25) is 0 Å². The lowest BCUT2D eigenvalue weighted by Crippen LogP contribution is -2.38. The van der Waals surface area contributed by atoms with Gasteiger partial charge in [0.1, 0.15) is 11.9 Å². The van der Waals surface area contributed by atoms with Crippen molar-refractivity contribution in [2.24, 2.45) is 4.99 Å². The number of amides is 1. The van der Waals surface area contributed by atoms with Gasteiger partial charge in [0.15, 0.2) is 0 Å². The van der Waals surface area contributed by atoms with Crippen molar-refractivity contribution in [1.29, 1.82) is 0 Å². The molecule has 0 spiro atoms. The number of sulfonamides is 1. The van der Waals surface area contributed by atoms with Gasteiger partial charge < -0.3 is 15.4 Å². The molecule has 1 amide bonds. The summed E-state index contributed by atoms with van der Waals surface area (Å²) in [4.78, 5) is 16.4. The van der Waals surface area contributed by atoms with E-state index < -0.39 is 16.1 Å². The Morgan fingerprint density at radius 2 is 2.00 bits per heavy atom. The fourth-order valence-electron chi connectivity index (χ4n) is 2.20. The quantitative estimate of drug-likeness (QED) is 0.536. The van der Waals surface area contributed by atoms with E-state index in [9.17, 15) is 13.2 Å². The van der Waals surface area contributed by atoms with E-state index in [0.29, 0.717) is 31.8 Å². The predicted octanol–water partition coefficient (Wildman–Crippen LogP) is -0.112. The molecular weight excluding hydrogens is 368 g/mol. The molecule has 140 valence electrons. The van der Waals surface area contributed by atoms with Crippen molar-refractivity contribution in [2.75, 3.05) is 33.4 Å². The minimum atomic E-state index is -3.59. The molecule has 0 bridgehead atoms. The van der Waals surface area contributed by atoms with Crippen LogP contribution in [0.3, 0.4) is 0 Å². The molecule has 1 heterocycles. The fourth-order valence-corrected chi connectivity index (χ4v) is 3.44. The van der Waals surface area contributed by atoms with Gasteiger partial charge in [-0.3, -0.25) is 14.5 Å². The van der Waals surface area contributed by atoms with E-state index in [1.807, 2.05) is 0 Å². The number of carbonyl (C=O) groups excluding carboxylic acids is 1. The first-order valence-corrected chi connectivity index (χ1v) is 9.11. The molecule has 1 aliphatic heterocycles. The maximum Gasteiger partial charge on any atom is 0.263 e. The first-order chi connectivity index (χ1) is 11.5. The van der Waals surface area contributed by atoms with Crippen LogP contribution in [0.5, 0.6) is 0 Å². The standard InChI is InChI=1S/C15H22N4O4S.ClH/c1-11(15(20)17-8-7-16-9-10-23-2)18-14-12-5-3-4-6-13(12)24(21,22)19-14;/h3-6,11,16H,7-10H2,1-2H3,(H,17,20)(H,18,19);1H. The second kappa shape index (κ2) is 9.71. The molecule has 25 heavy (non-hydrogen) atoms. The van der Waals surface area contributed by atoms with E-state index in [4.69, 9.17) is 4.74 Å². The van der Waals surface area contributed by atoms with Gasteiger partial charge in [0.2, 0.25) is 5.91 Å². The number of carbonyl (C=O) groups is 1. The van der Waals surface area contributed by atoms with Crippen LogP contribution >= 0.6 is 12.4 Å². The Kier molecular flexibility index (Phi) is 8.30. The minimum absolute atomic E-state index is 0. The van der Waals surface area contributed by atoms with Gasteiger partial charge in [0, 0.05) is 32.3 Å². The monoisotopic (exact) mass is 390 g/mol. The van der Waals surface area contributed by atoms with Crippen LogP contribution in [0.4, 0.5) is 0 Å². The molecule has 1 unspecified atom stereocenters. The third kappa shape index (κ3) is 5.67. The van der Waals surface area contributed by atoms with Gasteiger partial charge in [-0.15, -0.1) is 12.4 Å². The van der Waals surface area contributed by atoms with Crippen LogP contribution in [-0.2, 0) is 19.6 Å². The number of benzene rings is 1. The van der Waals surface area contributed by atoms with Gasteiger partial charge in [-0.05, 0) is 19.1 Å². The Hall–Kier alpha value is -1.68. The Balaban J connectivity index is 0.00000312. The molecule has 0 fully saturated rings. The molecule has 1 aliphatic rings. The Labute approximate surface area is 153 Å². The lowest BCUT2D eigenvalue weighted by molar-refractivity contribution is -0.121. The lowest BCUT2D eigenvalue weighted by Gasteiger charge is -2.10. The summed E-state index contributed by atoms with van der Waals surface area (Å²) in [5.74, 6) is -0.0638. The van der Waals surface area contributed by atoms with Crippen LogP contribution in [0.1, 0.15) is 12.5 Å². The van der Waals surface area contributed by atoms with Crippen molar-refractivity contribution in [1.82, 2.24) is 15.4 Å². The topological polar surface area (TPSA) is 109 Å². The highest BCUT2D eigenvalue weighted by atomic mass is 35.5. The third-order valence-electron chi connectivity index (χ3n) is 3.45. The highest BCUT2D eigenvalue weighted by molar-refractivity contribution is 7.90. The zero-order valence-electron chi connectivity index (χ0n) is 14.1. The third-order valence-corrected chi connectivity index (χ3v) is 4.85. The molecule has 2 rings (SSSR count). The molecule has 0 saturated carbocycles. The Morgan fingerprint density at radius 3 is 2.72 bits per heavy atom. The van der Waals surface area contributed by atoms with E-state index in [-0.39, 0.29) is 29.0 Å². The maximum atomic E-state index is 12.0. The zero-order chi connectivity index (χ0) is 17.6. The predicted molar refractivity (Wildman–Crippen MR) is 97.8 cm³/mol. The number of nitrogens with zero attached hydrogens (tertiary/aromatic N) is 1. The summed E-state index contributed by atoms with van der Waals surface area (Å²) >= 11 is 0. The molecule has 1 atom stereocenters. The van der Waals surface area contributed by atoms with Crippen LogP contribution in [0.15, 0.2) is 34.2 Å². The summed E-state index contributed by atoms with van der Waals surface area (Å²) in [6.07, 6.45) is 0.